The summed E-state index contributed by atoms with van der Waals surface area (Å²) in [6.07, 6.45) is 3.51. The molecule has 1 N–H and O–H groups in total. The molecule has 2 atom stereocenters. The van der Waals surface area contributed by atoms with Crippen molar-refractivity contribution in [3.8, 4) is 0 Å². The molecule has 0 aromatic carbocycles. The van der Waals surface area contributed by atoms with Gasteiger partial charge in [0.15, 0.2) is 0 Å². The zero-order valence-corrected chi connectivity index (χ0v) is 8.11. The van der Waals surface area contributed by atoms with Crippen LogP contribution in [0.3, 0.4) is 0 Å². The normalized spacial score (nSPS) is 33.1. The van der Waals surface area contributed by atoms with Crippen LogP contribution in [0.5, 0.6) is 0 Å². The largest absolute Gasteiger partial charge is 0.396 e. The van der Waals surface area contributed by atoms with Gasteiger partial charge in [-0.3, -0.25) is 14.5 Å². The summed E-state index contributed by atoms with van der Waals surface area (Å²) in [6.45, 7) is 0.0850. The molecule has 0 aromatic heterocycles. The number of aliphatic hydroxyl groups is 1. The zero-order chi connectivity index (χ0) is 10.1. The Labute approximate surface area is 82.9 Å². The summed E-state index contributed by atoms with van der Waals surface area (Å²) in [5.74, 6) is 0.00157. The number of amides is 2. The van der Waals surface area contributed by atoms with Crippen LogP contribution < -0.4 is 0 Å². The van der Waals surface area contributed by atoms with E-state index in [2.05, 4.69) is 0 Å². The highest BCUT2D eigenvalue weighted by Gasteiger charge is 2.40. The molecule has 2 amide bonds. The highest BCUT2D eigenvalue weighted by molar-refractivity contribution is 6.02. The molecular formula is C10H15NO3. The number of hydrogen-bond acceptors (Lipinski definition) is 3. The van der Waals surface area contributed by atoms with Crippen LogP contribution in [0.4, 0.5) is 0 Å². The van der Waals surface area contributed by atoms with Crippen LogP contribution in [0.1, 0.15) is 32.1 Å². The Kier molecular flexibility index (Phi) is 2.54. The number of imide groups is 1. The van der Waals surface area contributed by atoms with Crippen LogP contribution in [0.25, 0.3) is 0 Å². The van der Waals surface area contributed by atoms with Gasteiger partial charge in [0.05, 0.1) is 0 Å². The molecule has 1 heterocycles. The number of rotatable bonds is 2. The van der Waals surface area contributed by atoms with E-state index in [9.17, 15) is 9.59 Å². The lowest BCUT2D eigenvalue weighted by Crippen LogP contribution is -2.42. The fourth-order valence-electron chi connectivity index (χ4n) is 2.53. The van der Waals surface area contributed by atoms with Crippen molar-refractivity contribution in [1.82, 2.24) is 4.90 Å². The minimum absolute atomic E-state index is 0.0255. The third kappa shape index (κ3) is 1.43. The average Bonchev–Trinajstić information content (AvgIpc) is 2.73. The third-order valence-electron chi connectivity index (χ3n) is 3.28. The molecule has 14 heavy (non-hydrogen) atoms. The third-order valence-corrected chi connectivity index (χ3v) is 3.28. The molecule has 0 bridgehead atoms. The Morgan fingerprint density at radius 1 is 1.21 bits per heavy atom. The van der Waals surface area contributed by atoms with Gasteiger partial charge < -0.3 is 5.11 Å². The minimum Gasteiger partial charge on any atom is -0.396 e. The quantitative estimate of drug-likeness (QED) is 0.647. The van der Waals surface area contributed by atoms with Crippen molar-refractivity contribution in [3.63, 3.8) is 0 Å². The predicted molar refractivity (Wildman–Crippen MR) is 49.3 cm³/mol. The van der Waals surface area contributed by atoms with Crippen molar-refractivity contribution in [2.45, 2.75) is 38.1 Å². The maximum Gasteiger partial charge on any atom is 0.229 e. The van der Waals surface area contributed by atoms with Crippen molar-refractivity contribution in [1.29, 1.82) is 0 Å². The molecule has 78 valence electrons. The van der Waals surface area contributed by atoms with Crippen LogP contribution in [0, 0.1) is 5.92 Å². The van der Waals surface area contributed by atoms with Gasteiger partial charge in [0.1, 0.15) is 0 Å². The summed E-state index contributed by atoms with van der Waals surface area (Å²) in [5.41, 5.74) is 0. The average molecular weight is 197 g/mol. The SMILES string of the molecule is O=C1CCC(=O)N1C1CCCC1CO. The van der Waals surface area contributed by atoms with Crippen LogP contribution in [-0.2, 0) is 9.59 Å². The van der Waals surface area contributed by atoms with Gasteiger partial charge in [-0.05, 0) is 12.8 Å². The van der Waals surface area contributed by atoms with E-state index in [4.69, 9.17) is 5.11 Å². The molecule has 1 saturated carbocycles. The van der Waals surface area contributed by atoms with Gasteiger partial charge in [-0.15, -0.1) is 0 Å². The number of aliphatic hydroxyl groups excluding tert-OH is 1. The van der Waals surface area contributed by atoms with E-state index in [1.54, 1.807) is 0 Å². The first-order valence-electron chi connectivity index (χ1n) is 5.20. The van der Waals surface area contributed by atoms with Crippen molar-refractivity contribution < 1.29 is 14.7 Å². The van der Waals surface area contributed by atoms with Gasteiger partial charge >= 0.3 is 0 Å². The summed E-state index contributed by atoms with van der Waals surface area (Å²) >= 11 is 0. The van der Waals surface area contributed by atoms with Gasteiger partial charge in [-0.25, -0.2) is 0 Å². The standard InChI is InChI=1S/C10H15NO3/c12-6-7-2-1-3-8(7)11-9(13)4-5-10(11)14/h7-8,12H,1-6H2. The van der Waals surface area contributed by atoms with Crippen molar-refractivity contribution in [3.05, 3.63) is 0 Å². The molecule has 4 heteroatoms. The molecule has 0 spiro atoms. The second kappa shape index (κ2) is 3.69. The Balaban J connectivity index is 2.13. The topological polar surface area (TPSA) is 57.6 Å². The lowest BCUT2D eigenvalue weighted by molar-refractivity contribution is -0.142. The highest BCUT2D eigenvalue weighted by Crippen LogP contribution is 2.32. The van der Waals surface area contributed by atoms with E-state index in [1.165, 1.54) is 4.90 Å². The highest BCUT2D eigenvalue weighted by atomic mass is 16.3. The monoisotopic (exact) mass is 197 g/mol. The van der Waals surface area contributed by atoms with E-state index in [-0.39, 0.29) is 30.4 Å². The Morgan fingerprint density at radius 2 is 1.86 bits per heavy atom. The maximum absolute atomic E-state index is 11.5. The first kappa shape index (κ1) is 9.65. The first-order valence-corrected chi connectivity index (χ1v) is 5.20. The summed E-state index contributed by atoms with van der Waals surface area (Å²) in [7, 11) is 0. The Hall–Kier alpha value is -0.900. The second-order valence-corrected chi connectivity index (χ2v) is 4.10. The Morgan fingerprint density at radius 3 is 2.43 bits per heavy atom. The number of hydrogen-bond donors (Lipinski definition) is 1. The second-order valence-electron chi connectivity index (χ2n) is 4.10. The number of likely N-dealkylation sites (tertiary alicyclic amines) is 1. The van der Waals surface area contributed by atoms with Crippen molar-refractivity contribution in [2.75, 3.05) is 6.61 Å². The van der Waals surface area contributed by atoms with Gasteiger partial charge in [0.25, 0.3) is 0 Å². The summed E-state index contributed by atoms with van der Waals surface area (Å²) in [5, 5.41) is 9.12. The molecule has 1 saturated heterocycles. The van der Waals surface area contributed by atoms with Crippen molar-refractivity contribution in [2.24, 2.45) is 5.92 Å². The van der Waals surface area contributed by atoms with E-state index < -0.39 is 0 Å². The van der Waals surface area contributed by atoms with Gasteiger partial charge in [-0.1, -0.05) is 6.42 Å². The van der Waals surface area contributed by atoms with Gasteiger partial charge in [0, 0.05) is 31.4 Å². The Bertz CT molecular complexity index is 248. The number of carbonyl (C=O) groups is 2. The minimum atomic E-state index is -0.0552. The van der Waals surface area contributed by atoms with Gasteiger partial charge in [-0.2, -0.15) is 0 Å². The smallest absolute Gasteiger partial charge is 0.229 e. The van der Waals surface area contributed by atoms with Crippen LogP contribution >= 0.6 is 0 Å². The fourth-order valence-corrected chi connectivity index (χ4v) is 2.53. The summed E-state index contributed by atoms with van der Waals surface area (Å²) in [6, 6.07) is -0.0255. The van der Waals surface area contributed by atoms with E-state index in [0.717, 1.165) is 19.3 Å². The molecule has 0 radical (unpaired) electrons. The molecule has 4 nitrogen and oxygen atoms in total. The molecule has 1 aliphatic carbocycles. The van der Waals surface area contributed by atoms with Crippen molar-refractivity contribution >= 4 is 11.8 Å². The van der Waals surface area contributed by atoms with Crippen LogP contribution in [0.15, 0.2) is 0 Å². The van der Waals surface area contributed by atoms with Crippen LogP contribution in [0.2, 0.25) is 0 Å². The number of nitrogens with zero attached hydrogens (tertiary/aromatic N) is 1. The zero-order valence-electron chi connectivity index (χ0n) is 8.11. The predicted octanol–water partition coefficient (Wildman–Crippen LogP) is 0.296. The van der Waals surface area contributed by atoms with E-state index >= 15 is 0 Å². The molecule has 0 aromatic rings. The fraction of sp³-hybridized carbons (Fsp3) is 0.800. The lowest BCUT2D eigenvalue weighted by atomic mass is 10.0. The van der Waals surface area contributed by atoms with Gasteiger partial charge in [0.2, 0.25) is 11.8 Å². The summed E-state index contributed by atoms with van der Waals surface area (Å²) in [4.78, 5) is 24.3. The van der Waals surface area contributed by atoms with E-state index in [1.807, 2.05) is 0 Å². The maximum atomic E-state index is 11.5. The van der Waals surface area contributed by atoms with Crippen LogP contribution in [-0.4, -0.2) is 34.5 Å². The first-order chi connectivity index (χ1) is 6.74. The lowest BCUT2D eigenvalue weighted by Gasteiger charge is -2.26. The molecule has 2 rings (SSSR count). The molecule has 2 unspecified atom stereocenters. The number of carbonyl (C=O) groups excluding carboxylic acids is 2. The molecule has 2 aliphatic rings. The van der Waals surface area contributed by atoms with E-state index in [0.29, 0.717) is 12.8 Å². The molecule has 2 fully saturated rings. The molecular weight excluding hydrogens is 182 g/mol. The summed E-state index contributed by atoms with van der Waals surface area (Å²) < 4.78 is 0. The molecule has 1 aliphatic heterocycles.